The van der Waals surface area contributed by atoms with Gasteiger partial charge in [-0.1, -0.05) is 198 Å². The molecule has 4 atom stereocenters. The number of benzene rings is 4. The highest BCUT2D eigenvalue weighted by Gasteiger charge is 2.43. The first-order valence-corrected chi connectivity index (χ1v) is 21.4. The number of hydrogen-bond acceptors (Lipinski definition) is 8. The van der Waals surface area contributed by atoms with Gasteiger partial charge < -0.3 is 23.7 Å². The van der Waals surface area contributed by atoms with Gasteiger partial charge >= 0.3 is 5.97 Å². The first kappa shape index (κ1) is 44.9. The van der Waals surface area contributed by atoms with Gasteiger partial charge in [0.05, 0.1) is 33.0 Å². The van der Waals surface area contributed by atoms with Crippen molar-refractivity contribution in [3.8, 4) is 0 Å². The minimum atomic E-state index is -1.04. The molecule has 4 aromatic rings. The Hall–Kier alpha value is -3.79. The van der Waals surface area contributed by atoms with Gasteiger partial charge in [0.25, 0.3) is 0 Å². The number of rotatable bonds is 29. The minimum absolute atomic E-state index is 0.0183. The number of ether oxygens (including phenoxy) is 5. The summed E-state index contributed by atoms with van der Waals surface area (Å²) in [5.41, 5.74) is 3.76. The second-order valence-corrected chi connectivity index (χ2v) is 15.3. The van der Waals surface area contributed by atoms with Gasteiger partial charge in [0.15, 0.2) is 12.2 Å². The van der Waals surface area contributed by atoms with Crippen molar-refractivity contribution in [1.29, 1.82) is 0 Å². The summed E-state index contributed by atoms with van der Waals surface area (Å²) in [6, 6.07) is 39.2. The lowest BCUT2D eigenvalue weighted by atomic mass is 10.0. The molecule has 0 aromatic heterocycles. The summed E-state index contributed by atoms with van der Waals surface area (Å²) < 4.78 is 32.3. The fraction of sp³-hybridized carbons (Fsp3) is 0.458. The Morgan fingerprint density at radius 1 is 0.518 bits per heavy atom. The van der Waals surface area contributed by atoms with Gasteiger partial charge in [0.1, 0.15) is 12.2 Å². The molecule has 0 aliphatic carbocycles. The third-order valence-electron chi connectivity index (χ3n) is 9.52. The number of thioether (sulfide) groups is 1. The summed E-state index contributed by atoms with van der Waals surface area (Å²) >= 11 is 1.28. The van der Waals surface area contributed by atoms with Gasteiger partial charge in [-0.25, -0.2) is 0 Å². The van der Waals surface area contributed by atoms with E-state index < -0.39 is 30.4 Å². The highest BCUT2D eigenvalue weighted by Crippen LogP contribution is 2.27. The molecular weight excluding hydrogens is 721 g/mol. The summed E-state index contributed by atoms with van der Waals surface area (Å²) in [6.07, 6.45) is 8.39. The average Bonchev–Trinajstić information content (AvgIpc) is 3.23. The standard InChI is InChI=1S/C48H62O7S/c1-3-4-5-6-7-8-9-10-11-24-33-56-48(50)47(54-37-43-31-22-15-23-32-43)46(53-36-42-29-20-14-21-30-42)45(52-35-41-27-18-13-19-28-41)44(55-39(2)49)38-51-34-40-25-16-12-17-26-40/h12-23,25-32,44-47H,3-11,24,33-38H2,1-2H3/t44?,45-,46+,47-/m1/s1. The number of hydrogen-bond donors (Lipinski definition) is 0. The zero-order valence-electron chi connectivity index (χ0n) is 33.4. The molecule has 7 nitrogen and oxygen atoms in total. The Kier molecular flexibility index (Phi) is 22.3. The second kappa shape index (κ2) is 27.7. The predicted octanol–water partition coefficient (Wildman–Crippen LogP) is 11.1. The Balaban J connectivity index is 1.59. The van der Waals surface area contributed by atoms with E-state index in [1.165, 1.54) is 70.1 Å². The number of unbranched alkanes of at least 4 members (excludes halogenated alkanes) is 9. The van der Waals surface area contributed by atoms with Crippen LogP contribution in [0.15, 0.2) is 121 Å². The Morgan fingerprint density at radius 3 is 1.39 bits per heavy atom. The van der Waals surface area contributed by atoms with Crippen LogP contribution in [-0.2, 0) is 59.7 Å². The minimum Gasteiger partial charge on any atom is -0.457 e. The molecule has 0 saturated carbocycles. The third kappa shape index (κ3) is 18.0. The molecule has 0 N–H and O–H groups in total. The lowest BCUT2D eigenvalue weighted by molar-refractivity contribution is -0.199. The molecule has 0 radical (unpaired) electrons. The summed E-state index contributed by atoms with van der Waals surface area (Å²) in [7, 11) is 0. The lowest BCUT2D eigenvalue weighted by Gasteiger charge is -2.36. The van der Waals surface area contributed by atoms with Crippen LogP contribution in [0.5, 0.6) is 0 Å². The van der Waals surface area contributed by atoms with Crippen molar-refractivity contribution in [1.82, 2.24) is 0 Å². The fourth-order valence-corrected chi connectivity index (χ4v) is 7.40. The van der Waals surface area contributed by atoms with Gasteiger partial charge in [-0.3, -0.25) is 9.59 Å². The molecule has 0 heterocycles. The molecular formula is C48H62O7S. The van der Waals surface area contributed by atoms with Crippen molar-refractivity contribution in [3.05, 3.63) is 144 Å². The van der Waals surface area contributed by atoms with Crippen molar-refractivity contribution in [2.75, 3.05) is 12.4 Å². The summed E-state index contributed by atoms with van der Waals surface area (Å²) in [4.78, 5) is 27.2. The molecule has 0 aliphatic rings. The van der Waals surface area contributed by atoms with Crippen molar-refractivity contribution in [2.45, 2.75) is 129 Å². The molecule has 8 heteroatoms. The van der Waals surface area contributed by atoms with E-state index in [-0.39, 0.29) is 31.5 Å². The first-order valence-electron chi connectivity index (χ1n) is 20.5. The number of carbonyl (C=O) groups is 2. The molecule has 1 unspecified atom stereocenters. The Morgan fingerprint density at radius 2 is 0.929 bits per heavy atom. The van der Waals surface area contributed by atoms with Crippen LogP contribution in [0.2, 0.25) is 0 Å². The van der Waals surface area contributed by atoms with Crippen molar-refractivity contribution in [3.63, 3.8) is 0 Å². The highest BCUT2D eigenvalue weighted by molar-refractivity contribution is 8.13. The second-order valence-electron chi connectivity index (χ2n) is 14.2. The van der Waals surface area contributed by atoms with Crippen LogP contribution in [0.4, 0.5) is 0 Å². The van der Waals surface area contributed by atoms with Crippen molar-refractivity contribution >= 4 is 22.8 Å². The molecule has 4 rings (SSSR count). The maximum Gasteiger partial charge on any atom is 0.303 e. The molecule has 0 spiro atoms. The van der Waals surface area contributed by atoms with Gasteiger partial charge in [-0.2, -0.15) is 0 Å². The molecule has 0 amide bonds. The zero-order valence-corrected chi connectivity index (χ0v) is 34.3. The SMILES string of the molecule is CCCCCCCCCCCCSC(=O)[C@H](OCc1ccccc1)[C@@H](OCc1ccccc1)[C@H](OCc1ccccc1)C(COCc1ccccc1)OC(C)=O. The van der Waals surface area contributed by atoms with E-state index in [2.05, 4.69) is 6.92 Å². The molecule has 4 aromatic carbocycles. The van der Waals surface area contributed by atoms with Gasteiger partial charge in [0, 0.05) is 12.7 Å². The Bertz CT molecular complexity index is 1590. The van der Waals surface area contributed by atoms with Gasteiger partial charge in [0.2, 0.25) is 5.12 Å². The molecule has 302 valence electrons. The van der Waals surface area contributed by atoms with Crippen LogP contribution in [0.3, 0.4) is 0 Å². The number of esters is 1. The van der Waals surface area contributed by atoms with E-state index >= 15 is 0 Å². The Labute approximate surface area is 339 Å². The quantitative estimate of drug-likeness (QED) is 0.0398. The monoisotopic (exact) mass is 782 g/mol. The largest absolute Gasteiger partial charge is 0.457 e. The normalized spacial score (nSPS) is 13.5. The van der Waals surface area contributed by atoms with Crippen LogP contribution in [0.25, 0.3) is 0 Å². The van der Waals surface area contributed by atoms with E-state index in [1.807, 2.05) is 121 Å². The maximum absolute atomic E-state index is 14.5. The van der Waals surface area contributed by atoms with Crippen LogP contribution in [0, 0.1) is 0 Å². The van der Waals surface area contributed by atoms with Crippen LogP contribution < -0.4 is 0 Å². The summed E-state index contributed by atoms with van der Waals surface area (Å²) in [5, 5.41) is -0.144. The van der Waals surface area contributed by atoms with E-state index in [1.54, 1.807) is 0 Å². The van der Waals surface area contributed by atoms with Crippen LogP contribution in [0.1, 0.15) is 100 Å². The van der Waals surface area contributed by atoms with Gasteiger partial charge in [-0.15, -0.1) is 0 Å². The fourth-order valence-electron chi connectivity index (χ4n) is 6.48. The third-order valence-corrected chi connectivity index (χ3v) is 10.5. The highest BCUT2D eigenvalue weighted by atomic mass is 32.2. The van der Waals surface area contributed by atoms with Crippen molar-refractivity contribution in [2.24, 2.45) is 0 Å². The van der Waals surface area contributed by atoms with Crippen molar-refractivity contribution < 1.29 is 33.3 Å². The molecule has 56 heavy (non-hydrogen) atoms. The maximum atomic E-state index is 14.5. The van der Waals surface area contributed by atoms with Gasteiger partial charge in [-0.05, 0) is 28.7 Å². The van der Waals surface area contributed by atoms with E-state index in [4.69, 9.17) is 23.7 Å². The molecule has 0 aliphatic heterocycles. The summed E-state index contributed by atoms with van der Waals surface area (Å²) in [6.45, 7) is 4.52. The number of carbonyl (C=O) groups excluding carboxylic acids is 2. The zero-order chi connectivity index (χ0) is 39.5. The average molecular weight is 783 g/mol. The molecule has 0 bridgehead atoms. The van der Waals surface area contributed by atoms with E-state index in [0.717, 1.165) is 35.1 Å². The molecule has 0 fully saturated rings. The molecule has 0 saturated heterocycles. The predicted molar refractivity (Wildman–Crippen MR) is 226 cm³/mol. The smallest absolute Gasteiger partial charge is 0.303 e. The lowest BCUT2D eigenvalue weighted by Crippen LogP contribution is -2.53. The van der Waals surface area contributed by atoms with Crippen LogP contribution in [-0.4, -0.2) is 47.9 Å². The first-order chi connectivity index (χ1) is 27.5. The summed E-state index contributed by atoms with van der Waals surface area (Å²) in [5.74, 6) is 0.187. The van der Waals surface area contributed by atoms with E-state index in [9.17, 15) is 9.59 Å². The van der Waals surface area contributed by atoms with E-state index in [0.29, 0.717) is 12.4 Å². The van der Waals surface area contributed by atoms with Crippen LogP contribution >= 0.6 is 11.8 Å². The topological polar surface area (TPSA) is 80.3 Å².